The van der Waals surface area contributed by atoms with E-state index in [0.29, 0.717) is 11.9 Å². The van der Waals surface area contributed by atoms with E-state index in [4.69, 9.17) is 4.74 Å². The van der Waals surface area contributed by atoms with Gasteiger partial charge in [-0.1, -0.05) is 33.6 Å². The van der Waals surface area contributed by atoms with Crippen LogP contribution in [0.25, 0.3) is 0 Å². The molecule has 1 rings (SSSR count). The quantitative estimate of drug-likeness (QED) is 0.706. The third kappa shape index (κ3) is 5.24. The molecule has 1 aliphatic rings. The maximum atomic E-state index is 11.7. The second-order valence-corrected chi connectivity index (χ2v) is 7.50. The van der Waals surface area contributed by atoms with E-state index in [1.54, 1.807) is 11.8 Å². The second kappa shape index (κ2) is 5.95. The fourth-order valence-corrected chi connectivity index (χ4v) is 3.14. The molecular formula is C13H24O2S. The number of carbonyl (C=O) groups excluding carboxylic acids is 1. The van der Waals surface area contributed by atoms with Gasteiger partial charge < -0.3 is 4.74 Å². The van der Waals surface area contributed by atoms with Gasteiger partial charge in [-0.15, -0.1) is 11.8 Å². The van der Waals surface area contributed by atoms with Crippen LogP contribution in [0.2, 0.25) is 0 Å². The van der Waals surface area contributed by atoms with Crippen molar-refractivity contribution in [2.75, 3.05) is 6.61 Å². The third-order valence-corrected chi connectivity index (χ3v) is 4.14. The van der Waals surface area contributed by atoms with E-state index in [2.05, 4.69) is 20.8 Å². The van der Waals surface area contributed by atoms with Gasteiger partial charge in [-0.2, -0.15) is 0 Å². The highest BCUT2D eigenvalue weighted by atomic mass is 32.2. The van der Waals surface area contributed by atoms with Gasteiger partial charge in [-0.05, 0) is 25.2 Å². The first-order chi connectivity index (χ1) is 7.38. The topological polar surface area (TPSA) is 26.3 Å². The lowest BCUT2D eigenvalue weighted by Crippen LogP contribution is -2.24. The monoisotopic (exact) mass is 244 g/mol. The summed E-state index contributed by atoms with van der Waals surface area (Å²) < 4.78 is 5.32. The summed E-state index contributed by atoms with van der Waals surface area (Å²) in [6.45, 7) is 8.72. The number of ether oxygens (including phenoxy) is 1. The SMILES string of the molecule is CC(SC1CCCC1)C(=O)OCC(C)(C)C. The highest BCUT2D eigenvalue weighted by Gasteiger charge is 2.24. The molecule has 94 valence electrons. The van der Waals surface area contributed by atoms with Crippen LogP contribution in [0.3, 0.4) is 0 Å². The Hall–Kier alpha value is -0.180. The average molecular weight is 244 g/mol. The molecular weight excluding hydrogens is 220 g/mol. The molecule has 0 aliphatic heterocycles. The van der Waals surface area contributed by atoms with Gasteiger partial charge in [0.15, 0.2) is 0 Å². The molecule has 3 heteroatoms. The van der Waals surface area contributed by atoms with E-state index < -0.39 is 0 Å². The van der Waals surface area contributed by atoms with Gasteiger partial charge in [0, 0.05) is 5.25 Å². The first-order valence-corrected chi connectivity index (χ1v) is 7.15. The summed E-state index contributed by atoms with van der Waals surface area (Å²) in [6, 6.07) is 0. The van der Waals surface area contributed by atoms with Crippen LogP contribution in [0.4, 0.5) is 0 Å². The normalized spacial score (nSPS) is 19.8. The predicted molar refractivity (Wildman–Crippen MR) is 69.7 cm³/mol. The average Bonchev–Trinajstić information content (AvgIpc) is 2.65. The van der Waals surface area contributed by atoms with Crippen molar-refractivity contribution in [3.8, 4) is 0 Å². The molecule has 0 aromatic carbocycles. The molecule has 1 saturated carbocycles. The third-order valence-electron chi connectivity index (χ3n) is 2.68. The number of carbonyl (C=O) groups is 1. The summed E-state index contributed by atoms with van der Waals surface area (Å²) in [5.74, 6) is -0.0492. The predicted octanol–water partition coefficient (Wildman–Crippen LogP) is 3.64. The van der Waals surface area contributed by atoms with E-state index >= 15 is 0 Å². The van der Waals surface area contributed by atoms with Crippen LogP contribution in [-0.4, -0.2) is 23.1 Å². The summed E-state index contributed by atoms with van der Waals surface area (Å²) in [5.41, 5.74) is 0.0629. The maximum absolute atomic E-state index is 11.7. The van der Waals surface area contributed by atoms with Crippen molar-refractivity contribution >= 4 is 17.7 Å². The van der Waals surface area contributed by atoms with Crippen molar-refractivity contribution in [3.63, 3.8) is 0 Å². The zero-order chi connectivity index (χ0) is 12.2. The summed E-state index contributed by atoms with van der Waals surface area (Å²) in [6.07, 6.45) is 5.17. The summed E-state index contributed by atoms with van der Waals surface area (Å²) in [5, 5.41) is 0.669. The molecule has 0 N–H and O–H groups in total. The van der Waals surface area contributed by atoms with Crippen molar-refractivity contribution in [1.82, 2.24) is 0 Å². The van der Waals surface area contributed by atoms with Crippen molar-refractivity contribution in [1.29, 1.82) is 0 Å². The van der Waals surface area contributed by atoms with Crippen LogP contribution in [-0.2, 0) is 9.53 Å². The summed E-state index contributed by atoms with van der Waals surface area (Å²) >= 11 is 1.79. The van der Waals surface area contributed by atoms with Crippen LogP contribution in [0.15, 0.2) is 0 Å². The molecule has 0 bridgehead atoms. The minimum Gasteiger partial charge on any atom is -0.464 e. The number of rotatable bonds is 4. The smallest absolute Gasteiger partial charge is 0.318 e. The van der Waals surface area contributed by atoms with Crippen molar-refractivity contribution in [3.05, 3.63) is 0 Å². The molecule has 0 saturated heterocycles. The zero-order valence-corrected chi connectivity index (χ0v) is 11.7. The van der Waals surface area contributed by atoms with Crippen molar-refractivity contribution in [2.24, 2.45) is 5.41 Å². The fraction of sp³-hybridized carbons (Fsp3) is 0.923. The lowest BCUT2D eigenvalue weighted by atomic mass is 9.99. The van der Waals surface area contributed by atoms with E-state index in [0.717, 1.165) is 0 Å². The van der Waals surface area contributed by atoms with Gasteiger partial charge in [0.2, 0.25) is 0 Å². The first kappa shape index (κ1) is 13.9. The molecule has 1 fully saturated rings. The number of thioether (sulfide) groups is 1. The standard InChI is InChI=1S/C13H24O2S/c1-10(16-11-7-5-6-8-11)12(14)15-9-13(2,3)4/h10-11H,5-9H2,1-4H3. The van der Waals surface area contributed by atoms with Crippen LogP contribution < -0.4 is 0 Å². The van der Waals surface area contributed by atoms with E-state index in [1.807, 2.05) is 6.92 Å². The Morgan fingerprint density at radius 3 is 2.44 bits per heavy atom. The van der Waals surface area contributed by atoms with Crippen molar-refractivity contribution in [2.45, 2.75) is 63.9 Å². The Bertz CT molecular complexity index is 227. The highest BCUT2D eigenvalue weighted by Crippen LogP contribution is 2.32. The Balaban J connectivity index is 2.24. The molecule has 1 aliphatic carbocycles. The summed E-state index contributed by atoms with van der Waals surface area (Å²) in [7, 11) is 0. The molecule has 0 heterocycles. The second-order valence-electron chi connectivity index (χ2n) is 5.85. The van der Waals surface area contributed by atoms with Gasteiger partial charge >= 0.3 is 5.97 Å². The number of esters is 1. The Morgan fingerprint density at radius 2 is 1.94 bits per heavy atom. The zero-order valence-electron chi connectivity index (χ0n) is 10.9. The highest BCUT2D eigenvalue weighted by molar-refractivity contribution is 8.01. The molecule has 0 amide bonds. The molecule has 1 atom stereocenters. The van der Waals surface area contributed by atoms with Gasteiger partial charge in [-0.3, -0.25) is 4.79 Å². The van der Waals surface area contributed by atoms with Crippen LogP contribution >= 0.6 is 11.8 Å². The Morgan fingerprint density at radius 1 is 1.38 bits per heavy atom. The van der Waals surface area contributed by atoms with E-state index in [-0.39, 0.29) is 16.6 Å². The molecule has 0 spiro atoms. The van der Waals surface area contributed by atoms with Crippen LogP contribution in [0, 0.1) is 5.41 Å². The summed E-state index contributed by atoms with van der Waals surface area (Å²) in [4.78, 5) is 11.7. The van der Waals surface area contributed by atoms with Gasteiger partial charge in [0.1, 0.15) is 0 Å². The van der Waals surface area contributed by atoms with E-state index in [9.17, 15) is 4.79 Å². The van der Waals surface area contributed by atoms with Gasteiger partial charge in [-0.25, -0.2) is 0 Å². The largest absolute Gasteiger partial charge is 0.464 e. The molecule has 1 unspecified atom stereocenters. The molecule has 2 nitrogen and oxygen atoms in total. The maximum Gasteiger partial charge on any atom is 0.318 e. The minimum absolute atomic E-state index is 0.00884. The number of hydrogen-bond acceptors (Lipinski definition) is 3. The molecule has 16 heavy (non-hydrogen) atoms. The Kier molecular flexibility index (Phi) is 5.16. The lowest BCUT2D eigenvalue weighted by Gasteiger charge is -2.20. The molecule has 0 aromatic heterocycles. The Labute approximate surface area is 104 Å². The fourth-order valence-electron chi connectivity index (χ4n) is 1.77. The van der Waals surface area contributed by atoms with Gasteiger partial charge in [0.05, 0.1) is 11.9 Å². The van der Waals surface area contributed by atoms with Crippen molar-refractivity contribution < 1.29 is 9.53 Å². The van der Waals surface area contributed by atoms with Crippen LogP contribution in [0.1, 0.15) is 53.4 Å². The van der Waals surface area contributed by atoms with Gasteiger partial charge in [0.25, 0.3) is 0 Å². The molecule has 0 aromatic rings. The van der Waals surface area contributed by atoms with Crippen LogP contribution in [0.5, 0.6) is 0 Å². The minimum atomic E-state index is -0.0492. The number of hydrogen-bond donors (Lipinski definition) is 0. The first-order valence-electron chi connectivity index (χ1n) is 6.20. The molecule has 0 radical (unpaired) electrons. The lowest BCUT2D eigenvalue weighted by molar-refractivity contribution is -0.145. The van der Waals surface area contributed by atoms with E-state index in [1.165, 1.54) is 25.7 Å².